The summed E-state index contributed by atoms with van der Waals surface area (Å²) in [7, 11) is 1.77. The molecule has 3 saturated heterocycles. The quantitative estimate of drug-likeness (QED) is 0.625. The van der Waals surface area contributed by atoms with Crippen LogP contribution in [-0.4, -0.2) is 48.0 Å². The highest BCUT2D eigenvalue weighted by atomic mass is 16.5. The second-order valence-corrected chi connectivity index (χ2v) is 7.72. The van der Waals surface area contributed by atoms with E-state index in [0.717, 1.165) is 45.3 Å². The molecule has 4 fully saturated rings. The van der Waals surface area contributed by atoms with Crippen molar-refractivity contribution in [2.45, 2.75) is 69.5 Å². The largest absolute Gasteiger partial charge is 0.367 e. The van der Waals surface area contributed by atoms with E-state index in [1.54, 1.807) is 14.0 Å². The molecule has 0 radical (unpaired) electrons. The number of rotatable bonds is 2. The summed E-state index contributed by atoms with van der Waals surface area (Å²) in [6.45, 7) is 4.96. The van der Waals surface area contributed by atoms with Crippen LogP contribution in [0.4, 0.5) is 0 Å². The van der Waals surface area contributed by atoms with Crippen molar-refractivity contribution in [3.63, 3.8) is 0 Å². The standard InChI is InChI=1S/C21H31NO2/c1-3-12-20(23,18-8-6-4-5-7-9-18)13-14-21(24-2)17-22-15-10-19(21)11-16-22/h18-19,23H,4-11,15-17H2,1-2H3/t20?,21-/m1/s1. The summed E-state index contributed by atoms with van der Waals surface area (Å²) in [5, 5.41) is 11.3. The molecule has 0 aromatic heterocycles. The van der Waals surface area contributed by atoms with E-state index >= 15 is 0 Å². The van der Waals surface area contributed by atoms with Crippen molar-refractivity contribution in [1.29, 1.82) is 0 Å². The lowest BCUT2D eigenvalue weighted by molar-refractivity contribution is -0.0965. The minimum absolute atomic E-state index is 0.162. The number of piperidine rings is 3. The summed E-state index contributed by atoms with van der Waals surface area (Å²) < 4.78 is 5.92. The van der Waals surface area contributed by atoms with Crippen molar-refractivity contribution in [1.82, 2.24) is 4.90 Å². The minimum Gasteiger partial charge on any atom is -0.367 e. The van der Waals surface area contributed by atoms with Gasteiger partial charge in [-0.25, -0.2) is 0 Å². The number of nitrogens with zero attached hydrogens (tertiary/aromatic N) is 1. The smallest absolute Gasteiger partial charge is 0.190 e. The van der Waals surface area contributed by atoms with Crippen LogP contribution in [0.25, 0.3) is 0 Å². The predicted molar refractivity (Wildman–Crippen MR) is 96.3 cm³/mol. The molecule has 1 saturated carbocycles. The second-order valence-electron chi connectivity index (χ2n) is 7.72. The Bertz CT molecular complexity index is 550. The third-order valence-corrected chi connectivity index (χ3v) is 6.30. The SMILES string of the molecule is CC#CC(O)(C#C[C@@]1(OC)CN2CCC1CC2)C1CCCCCC1. The number of aliphatic hydroxyl groups is 1. The van der Waals surface area contributed by atoms with Gasteiger partial charge in [0.05, 0.1) is 0 Å². The maximum Gasteiger partial charge on any atom is 0.190 e. The highest BCUT2D eigenvalue weighted by Gasteiger charge is 2.46. The van der Waals surface area contributed by atoms with Crippen LogP contribution in [0.1, 0.15) is 58.3 Å². The third kappa shape index (κ3) is 3.50. The molecule has 1 N–H and O–H groups in total. The van der Waals surface area contributed by atoms with Gasteiger partial charge in [0.25, 0.3) is 0 Å². The maximum atomic E-state index is 11.3. The summed E-state index contributed by atoms with van der Waals surface area (Å²) in [5.74, 6) is 13.2. The molecule has 1 aliphatic carbocycles. The van der Waals surface area contributed by atoms with E-state index in [0.29, 0.717) is 5.92 Å². The Balaban J connectivity index is 1.87. The molecular weight excluding hydrogens is 298 g/mol. The number of hydrogen-bond acceptors (Lipinski definition) is 3. The van der Waals surface area contributed by atoms with Crippen LogP contribution < -0.4 is 0 Å². The average molecular weight is 329 g/mol. The lowest BCUT2D eigenvalue weighted by Crippen LogP contribution is -2.59. The Morgan fingerprint density at radius 1 is 1.04 bits per heavy atom. The molecule has 0 spiro atoms. The zero-order valence-electron chi connectivity index (χ0n) is 15.2. The van der Waals surface area contributed by atoms with E-state index in [9.17, 15) is 5.11 Å². The van der Waals surface area contributed by atoms with Gasteiger partial charge >= 0.3 is 0 Å². The zero-order valence-corrected chi connectivity index (χ0v) is 15.2. The molecule has 3 aliphatic heterocycles. The van der Waals surface area contributed by atoms with Crippen LogP contribution in [0, 0.1) is 35.5 Å². The molecule has 24 heavy (non-hydrogen) atoms. The molecule has 0 aromatic carbocycles. The molecule has 3 nitrogen and oxygen atoms in total. The van der Waals surface area contributed by atoms with Crippen molar-refractivity contribution < 1.29 is 9.84 Å². The van der Waals surface area contributed by atoms with Gasteiger partial charge in [0.2, 0.25) is 0 Å². The monoisotopic (exact) mass is 329 g/mol. The van der Waals surface area contributed by atoms with E-state index < -0.39 is 11.2 Å². The van der Waals surface area contributed by atoms with Crippen molar-refractivity contribution in [3.8, 4) is 23.7 Å². The van der Waals surface area contributed by atoms with Gasteiger partial charge in [0, 0.05) is 25.5 Å². The molecule has 4 rings (SSSR count). The normalized spacial score (nSPS) is 35.8. The minimum atomic E-state index is -1.18. The Hall–Kier alpha value is -1.00. The predicted octanol–water partition coefficient (Wildman–Crippen LogP) is 2.83. The van der Waals surface area contributed by atoms with Crippen molar-refractivity contribution in [2.24, 2.45) is 11.8 Å². The van der Waals surface area contributed by atoms with E-state index in [1.807, 2.05) is 0 Å². The van der Waals surface area contributed by atoms with Crippen LogP contribution in [0.2, 0.25) is 0 Å². The summed E-state index contributed by atoms with van der Waals surface area (Å²) in [6.07, 6.45) is 9.20. The van der Waals surface area contributed by atoms with Crippen molar-refractivity contribution in [3.05, 3.63) is 0 Å². The fourth-order valence-electron chi connectivity index (χ4n) is 4.77. The fraction of sp³-hybridized carbons (Fsp3) is 0.810. The summed E-state index contributed by atoms with van der Waals surface area (Å²) in [5.41, 5.74) is -1.61. The number of fused-ring (bicyclic) bond motifs is 3. The van der Waals surface area contributed by atoms with Gasteiger partial charge in [-0.3, -0.25) is 4.90 Å². The van der Waals surface area contributed by atoms with Gasteiger partial charge in [-0.1, -0.05) is 43.4 Å². The van der Waals surface area contributed by atoms with Crippen molar-refractivity contribution >= 4 is 0 Å². The Kier molecular flexibility index (Phi) is 5.56. The maximum absolute atomic E-state index is 11.3. The lowest BCUT2D eigenvalue weighted by Gasteiger charge is -2.49. The highest BCUT2D eigenvalue weighted by Crippen LogP contribution is 2.38. The average Bonchev–Trinajstić information content (AvgIpc) is 2.91. The van der Waals surface area contributed by atoms with Gasteiger partial charge in [0.1, 0.15) is 5.60 Å². The molecular formula is C21H31NO2. The van der Waals surface area contributed by atoms with Gasteiger partial charge < -0.3 is 9.84 Å². The first-order chi connectivity index (χ1) is 11.6. The summed E-state index contributed by atoms with van der Waals surface area (Å²) >= 11 is 0. The molecule has 0 aromatic rings. The fourth-order valence-corrected chi connectivity index (χ4v) is 4.77. The summed E-state index contributed by atoms with van der Waals surface area (Å²) in [6, 6.07) is 0. The first kappa shape index (κ1) is 17.8. The molecule has 3 heterocycles. The molecule has 3 heteroatoms. The first-order valence-corrected chi connectivity index (χ1v) is 9.60. The van der Waals surface area contributed by atoms with Crippen LogP contribution >= 0.6 is 0 Å². The van der Waals surface area contributed by atoms with Crippen LogP contribution in [-0.2, 0) is 4.74 Å². The number of ether oxygens (including phenoxy) is 1. The van der Waals surface area contributed by atoms with E-state index in [2.05, 4.69) is 28.6 Å². The molecule has 2 atom stereocenters. The van der Waals surface area contributed by atoms with Crippen molar-refractivity contribution in [2.75, 3.05) is 26.7 Å². The van der Waals surface area contributed by atoms with E-state index in [4.69, 9.17) is 4.74 Å². The first-order valence-electron chi connectivity index (χ1n) is 9.60. The molecule has 2 bridgehead atoms. The molecule has 132 valence electrons. The summed E-state index contributed by atoms with van der Waals surface area (Å²) in [4.78, 5) is 2.44. The number of hydrogen-bond donors (Lipinski definition) is 1. The van der Waals surface area contributed by atoms with Crippen LogP contribution in [0.5, 0.6) is 0 Å². The Morgan fingerprint density at radius 3 is 2.21 bits per heavy atom. The topological polar surface area (TPSA) is 32.7 Å². The van der Waals surface area contributed by atoms with Gasteiger partial charge in [-0.05, 0) is 45.7 Å². The second kappa shape index (κ2) is 7.49. The third-order valence-electron chi connectivity index (χ3n) is 6.30. The lowest BCUT2D eigenvalue weighted by atomic mass is 9.74. The highest BCUT2D eigenvalue weighted by molar-refractivity contribution is 5.35. The number of methoxy groups -OCH3 is 1. The van der Waals surface area contributed by atoms with Gasteiger partial charge in [-0.15, -0.1) is 5.92 Å². The molecule has 4 aliphatic rings. The molecule has 1 unspecified atom stereocenters. The Morgan fingerprint density at radius 2 is 1.71 bits per heavy atom. The van der Waals surface area contributed by atoms with Crippen LogP contribution in [0.3, 0.4) is 0 Å². The molecule has 0 amide bonds. The van der Waals surface area contributed by atoms with E-state index in [-0.39, 0.29) is 5.92 Å². The van der Waals surface area contributed by atoms with Gasteiger partial charge in [-0.2, -0.15) is 0 Å². The van der Waals surface area contributed by atoms with Crippen LogP contribution in [0.15, 0.2) is 0 Å². The van der Waals surface area contributed by atoms with Gasteiger partial charge in [0.15, 0.2) is 5.60 Å². The zero-order chi connectivity index (χ0) is 17.0. The van der Waals surface area contributed by atoms with E-state index in [1.165, 1.54) is 25.7 Å². The Labute approximate surface area is 147 Å².